The van der Waals surface area contributed by atoms with E-state index < -0.39 is 45.6 Å². The molecule has 17 heteroatoms. The summed E-state index contributed by atoms with van der Waals surface area (Å²) in [4.78, 5) is 18.4. The van der Waals surface area contributed by atoms with Crippen LogP contribution in [-0.4, -0.2) is 55.2 Å². The zero-order valence-electron chi connectivity index (χ0n) is 29.0. The molecule has 0 saturated heterocycles. The van der Waals surface area contributed by atoms with Gasteiger partial charge in [0.05, 0.1) is 22.4 Å². The van der Waals surface area contributed by atoms with Crippen LogP contribution in [0.25, 0.3) is 0 Å². The van der Waals surface area contributed by atoms with E-state index in [1.54, 1.807) is 27.7 Å². The summed E-state index contributed by atoms with van der Waals surface area (Å²) >= 11 is 3.73. The minimum Gasteiger partial charge on any atom is -0.313 e. The summed E-state index contributed by atoms with van der Waals surface area (Å²) in [6, 6.07) is 0. The van der Waals surface area contributed by atoms with E-state index in [0.29, 0.717) is 25.7 Å². The summed E-state index contributed by atoms with van der Waals surface area (Å²) in [7, 11) is -11.7. The van der Waals surface area contributed by atoms with Crippen LogP contribution in [0.4, 0.5) is 0 Å². The molecule has 0 aliphatic heterocycles. The van der Waals surface area contributed by atoms with Crippen molar-refractivity contribution in [2.45, 2.75) is 155 Å². The summed E-state index contributed by atoms with van der Waals surface area (Å²) in [6.45, 7) is 14.6. The maximum atomic E-state index is 13.0. The van der Waals surface area contributed by atoms with Crippen LogP contribution in [-0.2, 0) is 31.8 Å². The Kier molecular flexibility index (Phi) is 21.1. The van der Waals surface area contributed by atoms with Crippen LogP contribution in [0.15, 0.2) is 0 Å². The highest BCUT2D eigenvalue weighted by Gasteiger charge is 2.35. The second-order valence-electron chi connectivity index (χ2n) is 14.1. The smallest absolute Gasteiger partial charge is 0.313 e. The molecule has 0 saturated carbocycles. The molecule has 2 unspecified atom stereocenters. The van der Waals surface area contributed by atoms with Crippen molar-refractivity contribution in [3.05, 3.63) is 0 Å². The predicted octanol–water partition coefficient (Wildman–Crippen LogP) is 8.50. The maximum Gasteiger partial charge on any atom is 0.403 e. The van der Waals surface area contributed by atoms with Crippen LogP contribution in [0.5, 0.6) is 0 Å². The molecule has 0 fully saturated rings. The summed E-state index contributed by atoms with van der Waals surface area (Å²) in [5.74, 6) is 4.00. The molecule has 0 aliphatic carbocycles. The fourth-order valence-electron chi connectivity index (χ4n) is 4.82. The fraction of sp³-hybridized carbons (Fsp3) is 1.00. The summed E-state index contributed by atoms with van der Waals surface area (Å²) in [5, 5.41) is 0. The number of rotatable bonds is 28. The van der Waals surface area contributed by atoms with Crippen LogP contribution in [0.3, 0.4) is 0 Å². The van der Waals surface area contributed by atoms with Gasteiger partial charge in [-0.3, -0.25) is 18.1 Å². The van der Waals surface area contributed by atoms with Crippen molar-refractivity contribution >= 4 is 46.8 Å². The average Bonchev–Trinajstić information content (AvgIpc) is 2.77. The Morgan fingerprint density at radius 2 is 0.689 bits per heavy atom. The topological polar surface area (TPSA) is 207 Å². The van der Waals surface area contributed by atoms with E-state index in [0.717, 1.165) is 74.4 Å². The van der Waals surface area contributed by atoms with Gasteiger partial charge in [0.25, 0.3) is 0 Å². The predicted molar refractivity (Wildman–Crippen MR) is 191 cm³/mol. The van der Waals surface area contributed by atoms with Gasteiger partial charge >= 0.3 is 23.2 Å². The summed E-state index contributed by atoms with van der Waals surface area (Å²) in [6.07, 6.45) is 10.3. The molecule has 0 radical (unpaired) electrons. The number of nitrogens with two attached hydrogens (primary N) is 3. The molecule has 0 heterocycles. The minimum atomic E-state index is -3.98. The monoisotopic (exact) mass is 743 g/mol. The Balaban J connectivity index is 4.10. The normalized spacial score (nSPS) is 17.5. The van der Waals surface area contributed by atoms with Gasteiger partial charge in [-0.1, -0.05) is 0 Å². The summed E-state index contributed by atoms with van der Waals surface area (Å²) in [5.41, 5.74) is 13.4. The van der Waals surface area contributed by atoms with Gasteiger partial charge in [-0.15, -0.1) is 0 Å². The third-order valence-electron chi connectivity index (χ3n) is 6.77. The van der Waals surface area contributed by atoms with Crippen molar-refractivity contribution in [3.8, 4) is 0 Å². The minimum absolute atomic E-state index is 0.658. The van der Waals surface area contributed by atoms with Crippen molar-refractivity contribution < 1.29 is 41.6 Å². The summed E-state index contributed by atoms with van der Waals surface area (Å²) < 4.78 is 57.3. The zero-order chi connectivity index (χ0) is 35.1. The Bertz CT molecular complexity index is 904. The van der Waals surface area contributed by atoms with E-state index >= 15 is 0 Å². The lowest BCUT2D eigenvalue weighted by molar-refractivity contribution is 0.0227. The molecule has 272 valence electrons. The van der Waals surface area contributed by atoms with E-state index in [9.17, 15) is 23.5 Å². The largest absolute Gasteiger partial charge is 0.403 e. The van der Waals surface area contributed by atoms with Crippen molar-refractivity contribution in [3.63, 3.8) is 0 Å². The first kappa shape index (κ1) is 46.0. The molecule has 45 heavy (non-hydrogen) atoms. The van der Waals surface area contributed by atoms with Gasteiger partial charge < -0.3 is 9.79 Å². The number of thioether (sulfide) groups is 2. The maximum absolute atomic E-state index is 13.0. The molecular weight excluding hydrogens is 679 g/mol. The lowest BCUT2D eigenvalue weighted by atomic mass is 10.0. The SMILES string of the molecule is CC(C)(CCCCSCCCCC(C)(C)OP(N)(=O)OC(C)(C)CCCCSCCCCC(C)(C)OP(N)(=O)O)OP(N)(=O)O. The molecule has 0 aromatic heterocycles. The molecule has 0 rings (SSSR count). The molecule has 0 amide bonds. The van der Waals surface area contributed by atoms with Gasteiger partial charge in [0.15, 0.2) is 0 Å². The molecule has 2 atom stereocenters. The molecular formula is C28H64N3O9P3S2. The number of hydrogen-bond acceptors (Lipinski definition) is 9. The highest BCUT2D eigenvalue weighted by Crippen LogP contribution is 2.49. The standard InChI is InChI=1S/C28H64N3O9P3S2/c1-25(2,37-41(29,32)33)17-9-13-21-44-23-15-11-19-27(5,6)39-43(31,36)40-28(7,8)20-12-16-24-45-22-14-10-18-26(3,4)38-42(30,34)35/h9-24H2,1-8H3,(H2,31,36)(H3,29,32,33)(H3,30,34,35). The van der Waals surface area contributed by atoms with Gasteiger partial charge in [-0.05, 0) is 155 Å². The zero-order valence-corrected chi connectivity index (χ0v) is 33.3. The van der Waals surface area contributed by atoms with Gasteiger partial charge in [0.1, 0.15) is 0 Å². The first-order valence-electron chi connectivity index (χ1n) is 15.8. The van der Waals surface area contributed by atoms with E-state index in [4.69, 9.17) is 34.6 Å². The highest BCUT2D eigenvalue weighted by molar-refractivity contribution is 7.99. The van der Waals surface area contributed by atoms with Crippen LogP contribution < -0.4 is 16.5 Å². The van der Waals surface area contributed by atoms with Gasteiger partial charge in [0, 0.05) is 0 Å². The van der Waals surface area contributed by atoms with Crippen LogP contribution >= 0.6 is 46.8 Å². The molecule has 0 bridgehead atoms. The van der Waals surface area contributed by atoms with Gasteiger partial charge in [-0.2, -0.15) is 23.5 Å². The van der Waals surface area contributed by atoms with E-state index in [-0.39, 0.29) is 0 Å². The van der Waals surface area contributed by atoms with Crippen molar-refractivity contribution in [1.82, 2.24) is 0 Å². The molecule has 0 aromatic rings. The Morgan fingerprint density at radius 3 is 0.911 bits per heavy atom. The molecule has 0 aliphatic rings. The van der Waals surface area contributed by atoms with Crippen molar-refractivity contribution in [1.29, 1.82) is 0 Å². The van der Waals surface area contributed by atoms with Crippen molar-refractivity contribution in [2.75, 3.05) is 23.0 Å². The molecule has 0 spiro atoms. The average molecular weight is 744 g/mol. The Morgan fingerprint density at radius 1 is 0.467 bits per heavy atom. The quantitative estimate of drug-likeness (QED) is 0.0376. The van der Waals surface area contributed by atoms with Crippen LogP contribution in [0, 0.1) is 0 Å². The van der Waals surface area contributed by atoms with E-state index in [2.05, 4.69) is 0 Å². The van der Waals surface area contributed by atoms with Gasteiger partial charge in [-0.25, -0.2) is 30.2 Å². The number of unbranched alkanes of at least 4 members (excludes halogenated alkanes) is 4. The Labute approximate surface area is 281 Å². The van der Waals surface area contributed by atoms with Crippen LogP contribution in [0.2, 0.25) is 0 Å². The molecule has 0 aromatic carbocycles. The lowest BCUT2D eigenvalue weighted by Crippen LogP contribution is -2.30. The van der Waals surface area contributed by atoms with Gasteiger partial charge in [0.2, 0.25) is 0 Å². The van der Waals surface area contributed by atoms with Crippen LogP contribution in [0.1, 0.15) is 132 Å². The number of hydrogen-bond donors (Lipinski definition) is 5. The fourth-order valence-corrected chi connectivity index (χ4v) is 10.1. The third kappa shape index (κ3) is 29.6. The first-order valence-corrected chi connectivity index (χ1v) is 23.1. The second kappa shape index (κ2) is 20.6. The second-order valence-corrected chi connectivity index (χ2v) is 20.6. The first-order chi connectivity index (χ1) is 20.2. The molecule has 12 nitrogen and oxygen atoms in total. The van der Waals surface area contributed by atoms with E-state index in [1.807, 2.05) is 51.2 Å². The third-order valence-corrected chi connectivity index (χ3v) is 12.1. The Hall–Kier alpha value is 1.03. The van der Waals surface area contributed by atoms with Crippen molar-refractivity contribution in [2.24, 2.45) is 16.5 Å². The lowest BCUT2D eigenvalue weighted by Gasteiger charge is -2.33. The van der Waals surface area contributed by atoms with E-state index in [1.165, 1.54) is 0 Å². The molecule has 8 N–H and O–H groups in total. The highest BCUT2D eigenvalue weighted by atomic mass is 32.2.